The molecule has 0 radical (unpaired) electrons. The molecule has 0 bridgehead atoms. The number of nitrogens with one attached hydrogen (secondary N) is 2. The van der Waals surface area contributed by atoms with Gasteiger partial charge in [-0.1, -0.05) is 32.0 Å². The lowest BCUT2D eigenvalue weighted by Crippen LogP contribution is -2.37. The van der Waals surface area contributed by atoms with Crippen molar-refractivity contribution in [1.29, 1.82) is 0 Å². The van der Waals surface area contributed by atoms with Crippen LogP contribution in [0.2, 0.25) is 0 Å². The fourth-order valence-electron chi connectivity index (χ4n) is 3.94. The van der Waals surface area contributed by atoms with Crippen molar-refractivity contribution in [2.75, 3.05) is 12.3 Å². The van der Waals surface area contributed by atoms with Gasteiger partial charge >= 0.3 is 0 Å². The smallest absolute Gasteiger partial charge is 0.274 e. The van der Waals surface area contributed by atoms with Crippen LogP contribution in [0.3, 0.4) is 0 Å². The van der Waals surface area contributed by atoms with Gasteiger partial charge < -0.3 is 10.2 Å². The number of hydrogen-bond donors (Lipinski definition) is 2. The minimum Gasteiger partial charge on any atom is -0.351 e. The SMILES string of the molecule is Cc1ncc2c(c1CNC(=O)CSc1ccccc1)CCN(C(=O)c1cc(C(C)C)[nH]n1)C2. The zero-order valence-electron chi connectivity index (χ0n) is 19.2. The van der Waals surface area contributed by atoms with Crippen LogP contribution < -0.4 is 5.32 Å². The Balaban J connectivity index is 1.40. The number of fused-ring (bicyclic) bond motifs is 1. The number of aromatic nitrogens is 3. The quantitative estimate of drug-likeness (QED) is 0.520. The topological polar surface area (TPSA) is 91.0 Å². The van der Waals surface area contributed by atoms with Crippen molar-refractivity contribution in [2.24, 2.45) is 0 Å². The predicted octanol–water partition coefficient (Wildman–Crippen LogP) is 3.84. The molecule has 0 atom stereocenters. The van der Waals surface area contributed by atoms with E-state index in [1.54, 1.807) is 0 Å². The zero-order chi connectivity index (χ0) is 23.4. The molecule has 172 valence electrons. The molecule has 8 heteroatoms. The number of rotatable bonds is 7. The summed E-state index contributed by atoms with van der Waals surface area (Å²) in [6.07, 6.45) is 2.58. The van der Waals surface area contributed by atoms with Gasteiger partial charge in [-0.2, -0.15) is 5.10 Å². The largest absolute Gasteiger partial charge is 0.351 e. The molecular weight excluding hydrogens is 434 g/mol. The van der Waals surface area contributed by atoms with Gasteiger partial charge in [0, 0.05) is 42.1 Å². The van der Waals surface area contributed by atoms with E-state index in [0.29, 0.717) is 31.1 Å². The van der Waals surface area contributed by atoms with Crippen molar-refractivity contribution in [2.45, 2.75) is 51.1 Å². The van der Waals surface area contributed by atoms with Crippen LogP contribution >= 0.6 is 11.8 Å². The van der Waals surface area contributed by atoms with Gasteiger partial charge in [-0.05, 0) is 54.2 Å². The van der Waals surface area contributed by atoms with E-state index in [1.807, 2.05) is 54.4 Å². The van der Waals surface area contributed by atoms with Gasteiger partial charge in [-0.25, -0.2) is 0 Å². The van der Waals surface area contributed by atoms with E-state index < -0.39 is 0 Å². The number of carbonyl (C=O) groups is 2. The summed E-state index contributed by atoms with van der Waals surface area (Å²) < 4.78 is 0. The standard InChI is InChI=1S/C25H29N5O2S/c1-16(2)22-11-23(29-28-22)25(32)30-10-9-20-18(14-30)12-26-17(3)21(20)13-27-24(31)15-33-19-7-5-4-6-8-19/h4-8,11-12,16H,9-10,13-15H2,1-3H3,(H,27,31)(H,28,29). The van der Waals surface area contributed by atoms with Crippen LogP contribution in [-0.4, -0.2) is 44.2 Å². The summed E-state index contributed by atoms with van der Waals surface area (Å²) in [6, 6.07) is 11.7. The molecule has 2 amide bonds. The second kappa shape index (κ2) is 10.2. The van der Waals surface area contributed by atoms with Crippen LogP contribution in [0.5, 0.6) is 0 Å². The van der Waals surface area contributed by atoms with Crippen molar-refractivity contribution < 1.29 is 9.59 Å². The Bertz CT molecular complexity index is 1140. The molecule has 0 saturated heterocycles. The van der Waals surface area contributed by atoms with Gasteiger partial charge in [0.05, 0.1) is 5.75 Å². The fraction of sp³-hybridized carbons (Fsp3) is 0.360. The lowest BCUT2D eigenvalue weighted by Gasteiger charge is -2.30. The molecule has 1 aliphatic heterocycles. The molecule has 3 heterocycles. The van der Waals surface area contributed by atoms with Crippen molar-refractivity contribution in [3.63, 3.8) is 0 Å². The molecule has 7 nitrogen and oxygen atoms in total. The number of aromatic amines is 1. The highest BCUT2D eigenvalue weighted by Gasteiger charge is 2.26. The Labute approximate surface area is 198 Å². The molecule has 33 heavy (non-hydrogen) atoms. The first-order valence-corrected chi connectivity index (χ1v) is 12.2. The molecule has 1 aromatic carbocycles. The highest BCUT2D eigenvalue weighted by molar-refractivity contribution is 8.00. The monoisotopic (exact) mass is 463 g/mol. The third-order valence-electron chi connectivity index (χ3n) is 5.90. The predicted molar refractivity (Wildman–Crippen MR) is 129 cm³/mol. The van der Waals surface area contributed by atoms with Crippen LogP contribution in [0.4, 0.5) is 0 Å². The van der Waals surface area contributed by atoms with Crippen LogP contribution in [0.1, 0.15) is 58.3 Å². The lowest BCUT2D eigenvalue weighted by atomic mass is 9.94. The molecular formula is C25H29N5O2S. The van der Waals surface area contributed by atoms with Crippen molar-refractivity contribution >= 4 is 23.6 Å². The van der Waals surface area contributed by atoms with Gasteiger partial charge in [0.15, 0.2) is 0 Å². The molecule has 0 unspecified atom stereocenters. The summed E-state index contributed by atoms with van der Waals surface area (Å²) in [5, 5.41) is 10.2. The lowest BCUT2D eigenvalue weighted by molar-refractivity contribution is -0.118. The first kappa shape index (κ1) is 23.0. The second-order valence-electron chi connectivity index (χ2n) is 8.54. The van der Waals surface area contributed by atoms with E-state index in [0.717, 1.165) is 33.8 Å². The molecule has 0 fully saturated rings. The molecule has 2 aromatic heterocycles. The fourth-order valence-corrected chi connectivity index (χ4v) is 4.69. The third-order valence-corrected chi connectivity index (χ3v) is 6.91. The first-order valence-electron chi connectivity index (χ1n) is 11.2. The maximum absolute atomic E-state index is 13.0. The Morgan fingerprint density at radius 1 is 1.24 bits per heavy atom. The maximum atomic E-state index is 13.0. The maximum Gasteiger partial charge on any atom is 0.274 e. The third kappa shape index (κ3) is 5.45. The van der Waals surface area contributed by atoms with E-state index in [-0.39, 0.29) is 17.7 Å². The Hall–Kier alpha value is -3.13. The minimum atomic E-state index is -0.0721. The minimum absolute atomic E-state index is 0.00652. The van der Waals surface area contributed by atoms with Gasteiger partial charge in [0.2, 0.25) is 5.91 Å². The molecule has 3 aromatic rings. The number of amides is 2. The summed E-state index contributed by atoms with van der Waals surface area (Å²) in [7, 11) is 0. The van der Waals surface area contributed by atoms with Gasteiger partial charge in [0.25, 0.3) is 5.91 Å². The van der Waals surface area contributed by atoms with Crippen LogP contribution in [-0.2, 0) is 24.3 Å². The number of hydrogen-bond acceptors (Lipinski definition) is 5. The van der Waals surface area contributed by atoms with Gasteiger partial charge in [-0.3, -0.25) is 19.7 Å². The summed E-state index contributed by atoms with van der Waals surface area (Å²) >= 11 is 1.52. The average molecular weight is 464 g/mol. The summed E-state index contributed by atoms with van der Waals surface area (Å²) in [5.41, 5.74) is 5.59. The Kier molecular flexibility index (Phi) is 7.13. The van der Waals surface area contributed by atoms with E-state index >= 15 is 0 Å². The van der Waals surface area contributed by atoms with E-state index in [4.69, 9.17) is 0 Å². The number of H-pyrrole nitrogens is 1. The van der Waals surface area contributed by atoms with Gasteiger partial charge in [-0.15, -0.1) is 11.8 Å². The van der Waals surface area contributed by atoms with E-state index in [1.165, 1.54) is 17.3 Å². The van der Waals surface area contributed by atoms with Crippen LogP contribution in [0, 0.1) is 6.92 Å². The summed E-state index contributed by atoms with van der Waals surface area (Å²) in [6.45, 7) is 7.65. The van der Waals surface area contributed by atoms with Crippen LogP contribution in [0.25, 0.3) is 0 Å². The second-order valence-corrected chi connectivity index (χ2v) is 9.59. The summed E-state index contributed by atoms with van der Waals surface area (Å²) in [4.78, 5) is 32.8. The highest BCUT2D eigenvalue weighted by atomic mass is 32.2. The molecule has 4 rings (SSSR count). The number of pyridine rings is 1. The highest BCUT2D eigenvalue weighted by Crippen LogP contribution is 2.25. The van der Waals surface area contributed by atoms with E-state index in [9.17, 15) is 9.59 Å². The Morgan fingerprint density at radius 2 is 2.03 bits per heavy atom. The van der Waals surface area contributed by atoms with Gasteiger partial charge in [0.1, 0.15) is 5.69 Å². The number of thioether (sulfide) groups is 1. The normalized spacial score (nSPS) is 13.2. The zero-order valence-corrected chi connectivity index (χ0v) is 20.0. The average Bonchev–Trinajstić information content (AvgIpc) is 3.33. The van der Waals surface area contributed by atoms with Crippen molar-refractivity contribution in [3.05, 3.63) is 76.4 Å². The van der Waals surface area contributed by atoms with Crippen molar-refractivity contribution in [3.8, 4) is 0 Å². The van der Waals surface area contributed by atoms with Crippen molar-refractivity contribution in [1.82, 2.24) is 25.4 Å². The Morgan fingerprint density at radius 3 is 2.76 bits per heavy atom. The number of carbonyl (C=O) groups excluding carboxylic acids is 2. The number of aryl methyl sites for hydroxylation is 1. The molecule has 1 aliphatic rings. The first-order chi connectivity index (χ1) is 15.9. The molecule has 0 aliphatic carbocycles. The molecule has 0 spiro atoms. The number of benzene rings is 1. The van der Waals surface area contributed by atoms with Crippen LogP contribution in [0.15, 0.2) is 47.5 Å². The molecule has 0 saturated carbocycles. The van der Waals surface area contributed by atoms with E-state index in [2.05, 4.69) is 34.3 Å². The summed E-state index contributed by atoms with van der Waals surface area (Å²) in [5.74, 6) is 0.581. The number of nitrogens with zero attached hydrogens (tertiary/aromatic N) is 3. The molecule has 2 N–H and O–H groups in total.